The van der Waals surface area contributed by atoms with Crippen molar-refractivity contribution in [1.82, 2.24) is 9.29 Å². The number of nitrogens with zero attached hydrogens (tertiary/aromatic N) is 1. The molecule has 0 atom stereocenters. The lowest BCUT2D eigenvalue weighted by Gasteiger charge is -2.09. The number of sulfonamides is 1. The van der Waals surface area contributed by atoms with Crippen molar-refractivity contribution in [3.05, 3.63) is 42.2 Å². The highest BCUT2D eigenvalue weighted by atomic mass is 32.2. The summed E-state index contributed by atoms with van der Waals surface area (Å²) in [5.74, 6) is -0.234. The molecule has 0 unspecified atom stereocenters. The molecule has 0 fully saturated rings. The average Bonchev–Trinajstić information content (AvgIpc) is 2.97. The van der Waals surface area contributed by atoms with Crippen LogP contribution in [0.25, 0.3) is 0 Å². The second-order valence-electron chi connectivity index (χ2n) is 7.63. The van der Waals surface area contributed by atoms with Gasteiger partial charge in [-0.3, -0.25) is 9.59 Å². The third-order valence-corrected chi connectivity index (χ3v) is 5.56. The quantitative estimate of drug-likeness (QED) is 0.610. The molecule has 0 radical (unpaired) electrons. The Hall–Kier alpha value is -2.65. The minimum absolute atomic E-state index is 0.0297. The molecule has 9 heteroatoms. The molecule has 0 aliphatic carbocycles. The molecular weight excluding hydrogens is 392 g/mol. The van der Waals surface area contributed by atoms with E-state index in [0.717, 1.165) is 0 Å². The number of nitrogens with one attached hydrogen (secondary N) is 3. The zero-order valence-electron chi connectivity index (χ0n) is 17.3. The molecular formula is C20H28N4O4S. The summed E-state index contributed by atoms with van der Waals surface area (Å²) >= 11 is 0. The summed E-state index contributed by atoms with van der Waals surface area (Å²) in [4.78, 5) is 24.4. The molecule has 0 saturated carbocycles. The molecule has 158 valence electrons. The molecule has 0 saturated heterocycles. The number of anilines is 2. The topological polar surface area (TPSA) is 109 Å². The first-order chi connectivity index (χ1) is 13.5. The lowest BCUT2D eigenvalue weighted by molar-refractivity contribution is -0.116. The normalized spacial score (nSPS) is 11.7. The van der Waals surface area contributed by atoms with Crippen molar-refractivity contribution in [2.75, 3.05) is 10.6 Å². The smallest absolute Gasteiger partial charge is 0.272 e. The summed E-state index contributed by atoms with van der Waals surface area (Å²) in [5.41, 5.74) is 1.38. The van der Waals surface area contributed by atoms with Crippen molar-refractivity contribution in [3.63, 3.8) is 0 Å². The molecule has 0 aliphatic rings. The summed E-state index contributed by atoms with van der Waals surface area (Å²) in [5, 5.41) is 5.53. The molecule has 1 aromatic heterocycles. The van der Waals surface area contributed by atoms with Gasteiger partial charge in [0.15, 0.2) is 0 Å². The van der Waals surface area contributed by atoms with E-state index < -0.39 is 15.9 Å². The van der Waals surface area contributed by atoms with E-state index in [0.29, 0.717) is 17.8 Å². The van der Waals surface area contributed by atoms with Crippen LogP contribution in [0.3, 0.4) is 0 Å². The van der Waals surface area contributed by atoms with Crippen LogP contribution in [0.2, 0.25) is 0 Å². The average molecular weight is 421 g/mol. The molecule has 29 heavy (non-hydrogen) atoms. The van der Waals surface area contributed by atoms with Gasteiger partial charge in [0, 0.05) is 37.1 Å². The van der Waals surface area contributed by atoms with Gasteiger partial charge in [0.2, 0.25) is 15.9 Å². The van der Waals surface area contributed by atoms with Gasteiger partial charge in [-0.15, -0.1) is 0 Å². The molecule has 0 spiro atoms. The zero-order valence-corrected chi connectivity index (χ0v) is 18.1. The van der Waals surface area contributed by atoms with E-state index in [1.54, 1.807) is 45.2 Å². The highest BCUT2D eigenvalue weighted by molar-refractivity contribution is 7.89. The van der Waals surface area contributed by atoms with E-state index in [-0.39, 0.29) is 28.5 Å². The summed E-state index contributed by atoms with van der Waals surface area (Å²) in [6, 6.07) is 7.81. The van der Waals surface area contributed by atoms with Crippen molar-refractivity contribution in [3.8, 4) is 0 Å². The maximum atomic E-state index is 12.6. The SMILES string of the molecule is CC(C)CC(=O)Nc1ccc(NC(=O)c2cc(S(=O)(=O)NC(C)C)cn2C)cc1. The van der Waals surface area contributed by atoms with Crippen molar-refractivity contribution < 1.29 is 18.0 Å². The second kappa shape index (κ2) is 9.23. The molecule has 2 aromatic rings. The Labute approximate surface area is 171 Å². The summed E-state index contributed by atoms with van der Waals surface area (Å²) in [6.45, 7) is 7.39. The van der Waals surface area contributed by atoms with Crippen molar-refractivity contribution >= 4 is 33.2 Å². The van der Waals surface area contributed by atoms with Crippen LogP contribution in [-0.4, -0.2) is 30.8 Å². The Morgan fingerprint density at radius 3 is 2.07 bits per heavy atom. The van der Waals surface area contributed by atoms with Crippen LogP contribution in [0, 0.1) is 5.92 Å². The number of carbonyl (C=O) groups excluding carboxylic acids is 2. The minimum atomic E-state index is -3.68. The van der Waals surface area contributed by atoms with Crippen molar-refractivity contribution in [2.45, 2.75) is 45.1 Å². The summed E-state index contributed by atoms with van der Waals surface area (Å²) in [6.07, 6.45) is 1.83. The number of rotatable bonds is 8. The molecule has 0 bridgehead atoms. The number of benzene rings is 1. The lowest BCUT2D eigenvalue weighted by atomic mass is 10.1. The Kier molecular flexibility index (Phi) is 7.21. The molecule has 3 N–H and O–H groups in total. The van der Waals surface area contributed by atoms with Crippen LogP contribution in [-0.2, 0) is 21.9 Å². The van der Waals surface area contributed by atoms with Gasteiger partial charge in [-0.2, -0.15) is 0 Å². The van der Waals surface area contributed by atoms with E-state index in [1.807, 2.05) is 13.8 Å². The van der Waals surface area contributed by atoms with Crippen LogP contribution < -0.4 is 15.4 Å². The van der Waals surface area contributed by atoms with E-state index in [1.165, 1.54) is 16.8 Å². The molecule has 2 rings (SSSR count). The van der Waals surface area contributed by atoms with Gasteiger partial charge in [0.25, 0.3) is 5.91 Å². The second-order valence-corrected chi connectivity index (χ2v) is 9.34. The maximum absolute atomic E-state index is 12.6. The van der Waals surface area contributed by atoms with Crippen LogP contribution in [0.1, 0.15) is 44.6 Å². The van der Waals surface area contributed by atoms with E-state index in [2.05, 4.69) is 15.4 Å². The first-order valence-electron chi connectivity index (χ1n) is 9.38. The van der Waals surface area contributed by atoms with E-state index >= 15 is 0 Å². The number of hydrogen-bond donors (Lipinski definition) is 3. The van der Waals surface area contributed by atoms with Gasteiger partial charge in [0.1, 0.15) is 10.6 Å². The Morgan fingerprint density at radius 2 is 1.55 bits per heavy atom. The fourth-order valence-electron chi connectivity index (χ4n) is 2.70. The molecule has 2 amide bonds. The van der Waals surface area contributed by atoms with Crippen molar-refractivity contribution in [1.29, 1.82) is 0 Å². The van der Waals surface area contributed by atoms with Gasteiger partial charge in [0.05, 0.1) is 0 Å². The molecule has 1 aromatic carbocycles. The van der Waals surface area contributed by atoms with Gasteiger partial charge in [-0.25, -0.2) is 13.1 Å². The van der Waals surface area contributed by atoms with Crippen LogP contribution in [0.5, 0.6) is 0 Å². The highest BCUT2D eigenvalue weighted by Crippen LogP contribution is 2.18. The third kappa shape index (κ3) is 6.43. The van der Waals surface area contributed by atoms with E-state index in [9.17, 15) is 18.0 Å². The van der Waals surface area contributed by atoms with Gasteiger partial charge in [-0.05, 0) is 50.1 Å². The minimum Gasteiger partial charge on any atom is -0.345 e. The monoisotopic (exact) mass is 420 g/mol. The lowest BCUT2D eigenvalue weighted by Crippen LogP contribution is -2.29. The largest absolute Gasteiger partial charge is 0.345 e. The summed E-state index contributed by atoms with van der Waals surface area (Å²) < 4.78 is 28.5. The standard InChI is InChI=1S/C20H28N4O4S/c1-13(2)10-19(25)21-15-6-8-16(9-7-15)22-20(26)18-11-17(12-24(18)5)29(27,28)23-14(3)4/h6-9,11-14,23H,10H2,1-5H3,(H,21,25)(H,22,26). The summed E-state index contributed by atoms with van der Waals surface area (Å²) in [7, 11) is -2.08. The Balaban J connectivity index is 2.08. The Bertz CT molecular complexity index is 976. The van der Waals surface area contributed by atoms with Crippen LogP contribution in [0.15, 0.2) is 41.4 Å². The Morgan fingerprint density at radius 1 is 1.00 bits per heavy atom. The molecule has 1 heterocycles. The third-order valence-electron chi connectivity index (χ3n) is 3.93. The van der Waals surface area contributed by atoms with Crippen LogP contribution in [0.4, 0.5) is 11.4 Å². The van der Waals surface area contributed by atoms with E-state index in [4.69, 9.17) is 0 Å². The molecule has 8 nitrogen and oxygen atoms in total. The van der Waals surface area contributed by atoms with Crippen LogP contribution >= 0.6 is 0 Å². The molecule has 0 aliphatic heterocycles. The fourth-order valence-corrected chi connectivity index (χ4v) is 4.02. The fraction of sp³-hybridized carbons (Fsp3) is 0.400. The predicted molar refractivity (Wildman–Crippen MR) is 113 cm³/mol. The number of carbonyl (C=O) groups is 2. The predicted octanol–water partition coefficient (Wildman–Crippen LogP) is 2.95. The first kappa shape index (κ1) is 22.6. The number of aromatic nitrogens is 1. The maximum Gasteiger partial charge on any atom is 0.272 e. The number of aryl methyl sites for hydroxylation is 1. The van der Waals surface area contributed by atoms with Gasteiger partial charge in [-0.1, -0.05) is 13.8 Å². The van der Waals surface area contributed by atoms with Crippen molar-refractivity contribution in [2.24, 2.45) is 13.0 Å². The first-order valence-corrected chi connectivity index (χ1v) is 10.9. The number of hydrogen-bond acceptors (Lipinski definition) is 4. The highest BCUT2D eigenvalue weighted by Gasteiger charge is 2.21. The van der Waals surface area contributed by atoms with Gasteiger partial charge >= 0.3 is 0 Å². The number of amides is 2. The zero-order chi connectivity index (χ0) is 21.8. The van der Waals surface area contributed by atoms with Gasteiger partial charge < -0.3 is 15.2 Å².